The third-order valence-electron chi connectivity index (χ3n) is 7.50. The quantitative estimate of drug-likeness (QED) is 0.527. The Hall–Kier alpha value is -3.22. The van der Waals surface area contributed by atoms with Crippen LogP contribution in [0, 0.1) is 23.1 Å². The first kappa shape index (κ1) is 27.8. The lowest BCUT2D eigenvalue weighted by atomic mass is 9.83. The standard InChI is InChI=1S/C31H39FN2O4/c1-18(2)13-25-29(36)33-27(21-14-19-9-7-8-10-20(19)15-21)30(37)34(25)28(26(35)17-31(3,4)5)23-12-11-22(38-6)16-24(23)32/h7-12,16,18,21,25,27-28H,13-15,17H2,1-6H3,(H,33,36)/t25-,27-,28-/m1/s1. The van der Waals surface area contributed by atoms with Crippen molar-refractivity contribution < 1.29 is 23.5 Å². The molecule has 0 saturated carbocycles. The van der Waals surface area contributed by atoms with Crippen LogP contribution in [-0.2, 0) is 27.2 Å². The van der Waals surface area contributed by atoms with Crippen LogP contribution < -0.4 is 10.1 Å². The van der Waals surface area contributed by atoms with Crippen LogP contribution in [0.15, 0.2) is 42.5 Å². The van der Waals surface area contributed by atoms with Crippen molar-refractivity contribution in [3.8, 4) is 5.75 Å². The molecule has 2 amide bonds. The van der Waals surface area contributed by atoms with E-state index in [4.69, 9.17) is 4.74 Å². The number of nitrogens with one attached hydrogen (secondary N) is 1. The maximum atomic E-state index is 15.6. The fourth-order valence-corrected chi connectivity index (χ4v) is 5.83. The fourth-order valence-electron chi connectivity index (χ4n) is 5.83. The van der Waals surface area contributed by atoms with Gasteiger partial charge in [-0.2, -0.15) is 0 Å². The van der Waals surface area contributed by atoms with Crippen LogP contribution >= 0.6 is 0 Å². The van der Waals surface area contributed by atoms with E-state index in [2.05, 4.69) is 5.32 Å². The largest absolute Gasteiger partial charge is 0.497 e. The Morgan fingerprint density at radius 1 is 1.11 bits per heavy atom. The highest BCUT2D eigenvalue weighted by molar-refractivity contribution is 6.00. The lowest BCUT2D eigenvalue weighted by molar-refractivity contribution is -0.157. The van der Waals surface area contributed by atoms with Gasteiger partial charge in [0.2, 0.25) is 11.8 Å². The maximum Gasteiger partial charge on any atom is 0.247 e. The number of hydrogen-bond acceptors (Lipinski definition) is 4. The van der Waals surface area contributed by atoms with E-state index in [1.54, 1.807) is 6.07 Å². The zero-order chi connectivity index (χ0) is 27.8. The summed E-state index contributed by atoms with van der Waals surface area (Å²) in [5.74, 6) is -1.28. The average Bonchev–Trinajstić information content (AvgIpc) is 3.26. The number of rotatable bonds is 8. The van der Waals surface area contributed by atoms with Crippen LogP contribution in [0.2, 0.25) is 0 Å². The molecule has 4 rings (SSSR count). The van der Waals surface area contributed by atoms with Crippen LogP contribution in [0.1, 0.15) is 70.2 Å². The summed E-state index contributed by atoms with van der Waals surface area (Å²) in [5, 5.41) is 3.00. The second-order valence-corrected chi connectivity index (χ2v) is 12.3. The molecule has 1 aliphatic carbocycles. The van der Waals surface area contributed by atoms with Gasteiger partial charge in [-0.15, -0.1) is 0 Å². The summed E-state index contributed by atoms with van der Waals surface area (Å²) in [6.45, 7) is 9.73. The van der Waals surface area contributed by atoms with Gasteiger partial charge in [-0.25, -0.2) is 4.39 Å². The van der Waals surface area contributed by atoms with Gasteiger partial charge in [-0.05, 0) is 59.8 Å². The van der Waals surface area contributed by atoms with Gasteiger partial charge < -0.3 is 15.0 Å². The van der Waals surface area contributed by atoms with E-state index in [-0.39, 0.29) is 46.8 Å². The SMILES string of the molecule is COc1ccc([C@H](C(=O)CC(C)(C)C)N2C(=O)[C@@H](C3Cc4ccccc4C3)NC(=O)[C@H]2CC(C)C)c(F)c1. The Bertz CT molecular complexity index is 1190. The second kappa shape index (κ2) is 10.9. The molecule has 0 unspecified atom stereocenters. The third-order valence-corrected chi connectivity index (χ3v) is 7.50. The van der Waals surface area contributed by atoms with Crippen molar-refractivity contribution in [2.24, 2.45) is 17.3 Å². The number of carbonyl (C=O) groups excluding carboxylic acids is 3. The summed E-state index contributed by atoms with van der Waals surface area (Å²) in [4.78, 5) is 43.3. The number of ketones is 1. The van der Waals surface area contributed by atoms with E-state index in [0.29, 0.717) is 25.0 Å². The molecule has 3 atom stereocenters. The molecule has 2 aromatic rings. The van der Waals surface area contributed by atoms with E-state index >= 15 is 4.39 Å². The average molecular weight is 523 g/mol. The number of amides is 2. The molecular formula is C31H39FN2O4. The molecule has 1 heterocycles. The zero-order valence-electron chi connectivity index (χ0n) is 23.2. The number of carbonyl (C=O) groups is 3. The van der Waals surface area contributed by atoms with Crippen LogP contribution in [0.5, 0.6) is 5.75 Å². The van der Waals surface area contributed by atoms with E-state index in [1.165, 1.54) is 24.1 Å². The van der Waals surface area contributed by atoms with Gasteiger partial charge in [0.25, 0.3) is 0 Å². The molecule has 38 heavy (non-hydrogen) atoms. The zero-order valence-corrected chi connectivity index (χ0v) is 23.2. The Labute approximate surface area is 224 Å². The lowest BCUT2D eigenvalue weighted by Crippen LogP contribution is -2.67. The Morgan fingerprint density at radius 3 is 2.26 bits per heavy atom. The summed E-state index contributed by atoms with van der Waals surface area (Å²) >= 11 is 0. The Balaban J connectivity index is 1.80. The molecule has 1 aliphatic heterocycles. The predicted molar refractivity (Wildman–Crippen MR) is 144 cm³/mol. The molecule has 0 spiro atoms. The molecule has 1 N–H and O–H groups in total. The van der Waals surface area contributed by atoms with Gasteiger partial charge in [0.15, 0.2) is 5.78 Å². The first-order valence-electron chi connectivity index (χ1n) is 13.4. The molecule has 1 saturated heterocycles. The van der Waals surface area contributed by atoms with Crippen LogP contribution in [0.4, 0.5) is 4.39 Å². The minimum Gasteiger partial charge on any atom is -0.497 e. The van der Waals surface area contributed by atoms with E-state index < -0.39 is 23.9 Å². The minimum atomic E-state index is -1.21. The molecule has 204 valence electrons. The van der Waals surface area contributed by atoms with Crippen molar-refractivity contribution in [3.63, 3.8) is 0 Å². The summed E-state index contributed by atoms with van der Waals surface area (Å²) in [5.41, 5.74) is 2.03. The van der Waals surface area contributed by atoms with Crippen LogP contribution in [0.25, 0.3) is 0 Å². The molecular weight excluding hydrogens is 483 g/mol. The van der Waals surface area contributed by atoms with Crippen LogP contribution in [-0.4, -0.2) is 41.7 Å². The highest BCUT2D eigenvalue weighted by Gasteiger charge is 2.50. The van der Waals surface area contributed by atoms with Gasteiger partial charge in [-0.1, -0.05) is 58.9 Å². The van der Waals surface area contributed by atoms with Crippen molar-refractivity contribution in [2.75, 3.05) is 7.11 Å². The number of piperazine rings is 1. The number of hydrogen-bond donors (Lipinski definition) is 1. The van der Waals surface area contributed by atoms with Gasteiger partial charge in [0.05, 0.1) is 7.11 Å². The highest BCUT2D eigenvalue weighted by Crippen LogP contribution is 2.38. The number of nitrogens with zero attached hydrogens (tertiary/aromatic N) is 1. The second-order valence-electron chi connectivity index (χ2n) is 12.3. The van der Waals surface area contributed by atoms with E-state index in [1.807, 2.05) is 58.9 Å². The van der Waals surface area contributed by atoms with Crippen molar-refractivity contribution in [1.82, 2.24) is 10.2 Å². The van der Waals surface area contributed by atoms with Crippen molar-refractivity contribution in [3.05, 3.63) is 65.0 Å². The number of benzene rings is 2. The third kappa shape index (κ3) is 5.77. The molecule has 2 aliphatic rings. The molecule has 6 nitrogen and oxygen atoms in total. The minimum absolute atomic E-state index is 0.0763. The van der Waals surface area contributed by atoms with Crippen molar-refractivity contribution in [2.45, 2.75) is 78.4 Å². The fraction of sp³-hybridized carbons (Fsp3) is 0.516. The summed E-state index contributed by atoms with van der Waals surface area (Å²) in [7, 11) is 1.44. The first-order valence-corrected chi connectivity index (χ1v) is 13.4. The monoisotopic (exact) mass is 522 g/mol. The molecule has 7 heteroatoms. The van der Waals surface area contributed by atoms with Gasteiger partial charge in [0.1, 0.15) is 29.7 Å². The summed E-state index contributed by atoms with van der Waals surface area (Å²) in [6.07, 6.45) is 1.81. The molecule has 0 aromatic heterocycles. The van der Waals surface area contributed by atoms with E-state index in [0.717, 1.165) is 11.1 Å². The lowest BCUT2D eigenvalue weighted by Gasteiger charge is -2.45. The molecule has 2 aromatic carbocycles. The molecule has 0 bridgehead atoms. The number of Topliss-reactive ketones (excluding diaryl/α,β-unsaturated/α-hetero) is 1. The predicted octanol–water partition coefficient (Wildman–Crippen LogP) is 5.04. The van der Waals surface area contributed by atoms with Crippen molar-refractivity contribution in [1.29, 1.82) is 0 Å². The van der Waals surface area contributed by atoms with Gasteiger partial charge in [0, 0.05) is 18.1 Å². The van der Waals surface area contributed by atoms with E-state index in [9.17, 15) is 14.4 Å². The number of fused-ring (bicyclic) bond motifs is 1. The number of methoxy groups -OCH3 is 1. The Morgan fingerprint density at radius 2 is 1.74 bits per heavy atom. The topological polar surface area (TPSA) is 75.7 Å². The van der Waals surface area contributed by atoms with Crippen molar-refractivity contribution >= 4 is 17.6 Å². The number of halogens is 1. The Kier molecular flexibility index (Phi) is 7.96. The number of ether oxygens (including phenoxy) is 1. The maximum absolute atomic E-state index is 15.6. The summed E-state index contributed by atoms with van der Waals surface area (Å²) in [6, 6.07) is 9.49. The normalized spacial score (nSPS) is 20.9. The first-order chi connectivity index (χ1) is 17.9. The molecule has 1 fully saturated rings. The van der Waals surface area contributed by atoms with Crippen LogP contribution in [0.3, 0.4) is 0 Å². The van der Waals surface area contributed by atoms with Gasteiger partial charge in [-0.3, -0.25) is 14.4 Å². The summed E-state index contributed by atoms with van der Waals surface area (Å²) < 4.78 is 20.7. The highest BCUT2D eigenvalue weighted by atomic mass is 19.1. The van der Waals surface area contributed by atoms with Gasteiger partial charge >= 0.3 is 0 Å². The smallest absolute Gasteiger partial charge is 0.247 e. The molecule has 0 radical (unpaired) electrons.